The molecule has 1 unspecified atom stereocenters. The molecule has 2 aromatic rings. The third kappa shape index (κ3) is 6.68. The Labute approximate surface area is 185 Å². The van der Waals surface area contributed by atoms with Crippen LogP contribution in [-0.2, 0) is 6.54 Å². The molecule has 156 valence electrons. The van der Waals surface area contributed by atoms with Gasteiger partial charge in [-0.05, 0) is 24.5 Å². The summed E-state index contributed by atoms with van der Waals surface area (Å²) in [6.45, 7) is 7.81. The van der Waals surface area contributed by atoms with E-state index in [9.17, 15) is 0 Å². The van der Waals surface area contributed by atoms with Crippen LogP contribution in [0.25, 0.3) is 0 Å². The standard InChI is InChI=1S/C21H32N4O2.HI/c1-6-16(7-2)19-12-17(27-25-19)14-24-21(22-4)23-13-15(3)18-10-8-9-11-20(18)26-5;/h8-12,15-16H,6-7,13-14H2,1-5H3,(H2,22,23,24);1H. The first-order valence-corrected chi connectivity index (χ1v) is 9.65. The summed E-state index contributed by atoms with van der Waals surface area (Å²) in [4.78, 5) is 4.29. The molecule has 0 aliphatic rings. The largest absolute Gasteiger partial charge is 0.496 e. The summed E-state index contributed by atoms with van der Waals surface area (Å²) in [7, 11) is 3.46. The molecule has 0 bridgehead atoms. The number of benzene rings is 1. The summed E-state index contributed by atoms with van der Waals surface area (Å²) in [5.41, 5.74) is 2.21. The number of rotatable bonds is 9. The number of hydrogen-bond donors (Lipinski definition) is 2. The minimum Gasteiger partial charge on any atom is -0.496 e. The van der Waals surface area contributed by atoms with E-state index >= 15 is 0 Å². The van der Waals surface area contributed by atoms with Crippen molar-refractivity contribution in [3.63, 3.8) is 0 Å². The van der Waals surface area contributed by atoms with Gasteiger partial charge in [0.2, 0.25) is 0 Å². The molecule has 1 atom stereocenters. The fraction of sp³-hybridized carbons (Fsp3) is 0.524. The topological polar surface area (TPSA) is 71.7 Å². The van der Waals surface area contributed by atoms with Crippen molar-refractivity contribution in [1.82, 2.24) is 15.8 Å². The van der Waals surface area contributed by atoms with Gasteiger partial charge in [-0.2, -0.15) is 0 Å². The third-order valence-electron chi connectivity index (χ3n) is 4.88. The fourth-order valence-electron chi connectivity index (χ4n) is 3.14. The maximum atomic E-state index is 5.46. The normalized spacial score (nSPS) is 12.4. The summed E-state index contributed by atoms with van der Waals surface area (Å²) in [5.74, 6) is 3.20. The number of aliphatic imine (C=N–C) groups is 1. The highest BCUT2D eigenvalue weighted by atomic mass is 127. The van der Waals surface area contributed by atoms with Crippen molar-refractivity contribution in [3.05, 3.63) is 47.3 Å². The summed E-state index contributed by atoms with van der Waals surface area (Å²) in [6.07, 6.45) is 2.14. The van der Waals surface area contributed by atoms with Crippen LogP contribution in [0.2, 0.25) is 0 Å². The SMILES string of the molecule is CCC(CC)c1cc(CNC(=NC)NCC(C)c2ccccc2OC)on1.I. The highest BCUT2D eigenvalue weighted by Gasteiger charge is 2.14. The molecule has 0 amide bonds. The second kappa shape index (κ2) is 12.6. The molecule has 28 heavy (non-hydrogen) atoms. The summed E-state index contributed by atoms with van der Waals surface area (Å²) < 4.78 is 10.9. The quantitative estimate of drug-likeness (QED) is 0.298. The van der Waals surface area contributed by atoms with Crippen LogP contribution in [0.1, 0.15) is 62.5 Å². The van der Waals surface area contributed by atoms with Gasteiger partial charge in [0, 0.05) is 31.5 Å². The number of para-hydroxylation sites is 1. The van der Waals surface area contributed by atoms with E-state index in [4.69, 9.17) is 9.26 Å². The lowest BCUT2D eigenvalue weighted by Gasteiger charge is -2.18. The van der Waals surface area contributed by atoms with Crippen molar-refractivity contribution in [2.45, 2.75) is 52.0 Å². The van der Waals surface area contributed by atoms with Crippen LogP contribution < -0.4 is 15.4 Å². The number of hydrogen-bond acceptors (Lipinski definition) is 4. The van der Waals surface area contributed by atoms with Crippen molar-refractivity contribution >= 4 is 29.9 Å². The van der Waals surface area contributed by atoms with E-state index in [2.05, 4.69) is 47.6 Å². The van der Waals surface area contributed by atoms with E-state index in [1.165, 1.54) is 5.56 Å². The van der Waals surface area contributed by atoms with E-state index in [-0.39, 0.29) is 29.9 Å². The van der Waals surface area contributed by atoms with E-state index in [1.807, 2.05) is 24.3 Å². The highest BCUT2D eigenvalue weighted by Crippen LogP contribution is 2.25. The zero-order valence-electron chi connectivity index (χ0n) is 17.5. The van der Waals surface area contributed by atoms with Crippen molar-refractivity contribution in [2.24, 2.45) is 4.99 Å². The molecular formula is C21H33IN4O2. The first-order valence-electron chi connectivity index (χ1n) is 9.65. The minimum absolute atomic E-state index is 0. The predicted molar refractivity (Wildman–Crippen MR) is 125 cm³/mol. The smallest absolute Gasteiger partial charge is 0.191 e. The second-order valence-corrected chi connectivity index (χ2v) is 6.68. The van der Waals surface area contributed by atoms with Crippen LogP contribution in [0.3, 0.4) is 0 Å². The number of nitrogens with one attached hydrogen (secondary N) is 2. The van der Waals surface area contributed by atoms with E-state index in [0.29, 0.717) is 12.5 Å². The monoisotopic (exact) mass is 500 g/mol. The Hall–Kier alpha value is -1.77. The molecule has 1 aromatic heterocycles. The lowest BCUT2D eigenvalue weighted by molar-refractivity contribution is 0.368. The number of methoxy groups -OCH3 is 1. The Morgan fingerprint density at radius 1 is 1.21 bits per heavy atom. The third-order valence-corrected chi connectivity index (χ3v) is 4.88. The molecule has 2 N–H and O–H groups in total. The number of guanidine groups is 1. The Bertz CT molecular complexity index is 729. The summed E-state index contributed by atoms with van der Waals surface area (Å²) >= 11 is 0. The number of halogens is 1. The Balaban J connectivity index is 0.00000392. The van der Waals surface area contributed by atoms with Gasteiger partial charge in [-0.1, -0.05) is 44.1 Å². The first kappa shape index (κ1) is 24.3. The minimum atomic E-state index is 0. The van der Waals surface area contributed by atoms with Gasteiger partial charge < -0.3 is 19.9 Å². The molecule has 7 heteroatoms. The van der Waals surface area contributed by atoms with Crippen molar-refractivity contribution < 1.29 is 9.26 Å². The molecule has 6 nitrogen and oxygen atoms in total. The maximum Gasteiger partial charge on any atom is 0.191 e. The van der Waals surface area contributed by atoms with Crippen LogP contribution in [0.15, 0.2) is 39.8 Å². The average Bonchev–Trinajstić information content (AvgIpc) is 3.17. The number of ether oxygens (including phenoxy) is 1. The predicted octanol–water partition coefficient (Wildman–Crippen LogP) is 4.67. The zero-order chi connectivity index (χ0) is 19.6. The molecule has 1 heterocycles. The first-order chi connectivity index (χ1) is 13.1. The van der Waals surface area contributed by atoms with Crippen LogP contribution in [0, 0.1) is 0 Å². The zero-order valence-corrected chi connectivity index (χ0v) is 19.8. The van der Waals surface area contributed by atoms with E-state index in [0.717, 1.165) is 42.5 Å². The lowest BCUT2D eigenvalue weighted by Crippen LogP contribution is -2.38. The Morgan fingerprint density at radius 2 is 1.93 bits per heavy atom. The fourth-order valence-corrected chi connectivity index (χ4v) is 3.14. The van der Waals surface area contributed by atoms with Crippen LogP contribution >= 0.6 is 24.0 Å². The van der Waals surface area contributed by atoms with Crippen molar-refractivity contribution in [1.29, 1.82) is 0 Å². The van der Waals surface area contributed by atoms with Crippen LogP contribution in [-0.4, -0.2) is 31.8 Å². The van der Waals surface area contributed by atoms with E-state index in [1.54, 1.807) is 14.2 Å². The van der Waals surface area contributed by atoms with E-state index < -0.39 is 0 Å². The number of nitrogens with zero attached hydrogens (tertiary/aromatic N) is 2. The highest BCUT2D eigenvalue weighted by molar-refractivity contribution is 14.0. The Morgan fingerprint density at radius 3 is 2.57 bits per heavy atom. The molecule has 0 fully saturated rings. The van der Waals surface area contributed by atoms with Gasteiger partial charge in [-0.3, -0.25) is 4.99 Å². The average molecular weight is 500 g/mol. The molecule has 1 aromatic carbocycles. The second-order valence-electron chi connectivity index (χ2n) is 6.68. The molecule has 0 spiro atoms. The number of aromatic nitrogens is 1. The molecular weight excluding hydrogens is 467 g/mol. The van der Waals surface area contributed by atoms with Gasteiger partial charge in [-0.25, -0.2) is 0 Å². The van der Waals surface area contributed by atoms with Gasteiger partial charge in [0.25, 0.3) is 0 Å². The van der Waals surface area contributed by atoms with Gasteiger partial charge in [-0.15, -0.1) is 24.0 Å². The van der Waals surface area contributed by atoms with Gasteiger partial charge in [0.15, 0.2) is 11.7 Å². The molecule has 0 aliphatic heterocycles. The molecule has 0 saturated heterocycles. The Kier molecular flexibility index (Phi) is 11.0. The van der Waals surface area contributed by atoms with Crippen molar-refractivity contribution in [3.8, 4) is 5.75 Å². The van der Waals surface area contributed by atoms with Crippen molar-refractivity contribution in [2.75, 3.05) is 20.7 Å². The molecule has 0 radical (unpaired) electrons. The molecule has 0 saturated carbocycles. The van der Waals surface area contributed by atoms with Gasteiger partial charge >= 0.3 is 0 Å². The summed E-state index contributed by atoms with van der Waals surface area (Å²) in [6, 6.07) is 10.1. The van der Waals surface area contributed by atoms with Crippen LogP contribution in [0.4, 0.5) is 0 Å². The lowest BCUT2D eigenvalue weighted by atomic mass is 9.99. The van der Waals surface area contributed by atoms with Gasteiger partial charge in [0.05, 0.1) is 19.3 Å². The van der Waals surface area contributed by atoms with Crippen LogP contribution in [0.5, 0.6) is 5.75 Å². The molecule has 0 aliphatic carbocycles. The maximum absolute atomic E-state index is 5.46. The van der Waals surface area contributed by atoms with Gasteiger partial charge in [0.1, 0.15) is 5.75 Å². The molecule has 2 rings (SSSR count). The summed E-state index contributed by atoms with van der Waals surface area (Å²) in [5, 5.41) is 10.9.